The fourth-order valence-electron chi connectivity index (χ4n) is 4.76. The van der Waals surface area contributed by atoms with Gasteiger partial charge in [0.1, 0.15) is 17.5 Å². The van der Waals surface area contributed by atoms with Gasteiger partial charge in [0.15, 0.2) is 0 Å². The Morgan fingerprint density at radius 3 is 2.50 bits per heavy atom. The lowest BCUT2D eigenvalue weighted by Gasteiger charge is -2.30. The van der Waals surface area contributed by atoms with E-state index >= 15 is 0 Å². The summed E-state index contributed by atoms with van der Waals surface area (Å²) < 4.78 is 15.8. The molecule has 0 bridgehead atoms. The maximum atomic E-state index is 13.6. The van der Waals surface area contributed by atoms with E-state index in [9.17, 15) is 4.39 Å². The summed E-state index contributed by atoms with van der Waals surface area (Å²) in [5, 5.41) is 3.46. The average molecular weight is 432 g/mol. The van der Waals surface area contributed by atoms with E-state index in [1.807, 2.05) is 12.3 Å². The summed E-state index contributed by atoms with van der Waals surface area (Å²) in [6.07, 6.45) is 9.64. The summed E-state index contributed by atoms with van der Waals surface area (Å²) in [6.45, 7) is 8.52. The quantitative estimate of drug-likeness (QED) is 0.628. The van der Waals surface area contributed by atoms with E-state index in [0.29, 0.717) is 11.8 Å². The molecule has 1 N–H and O–H groups in total. The number of imidazole rings is 1. The highest BCUT2D eigenvalue weighted by Gasteiger charge is 2.29. The number of nitrogens with zero attached hydrogens (tertiary/aromatic N) is 4. The van der Waals surface area contributed by atoms with Crippen molar-refractivity contribution in [1.29, 1.82) is 0 Å². The molecule has 0 aliphatic carbocycles. The van der Waals surface area contributed by atoms with Gasteiger partial charge in [-0.2, -0.15) is 0 Å². The molecule has 4 heterocycles. The molecule has 2 aromatic heterocycles. The Hall–Kier alpha value is -2.86. The van der Waals surface area contributed by atoms with E-state index in [1.165, 1.54) is 25.0 Å². The molecular weight excluding hydrogens is 401 g/mol. The van der Waals surface area contributed by atoms with Gasteiger partial charge in [-0.15, -0.1) is 0 Å². The Balaban J connectivity index is 1.61. The summed E-state index contributed by atoms with van der Waals surface area (Å²) in [5.41, 5.74) is 3.36. The van der Waals surface area contributed by atoms with Crippen LogP contribution in [0.4, 0.5) is 4.39 Å². The fourth-order valence-corrected chi connectivity index (χ4v) is 4.76. The molecule has 1 atom stereocenters. The minimum atomic E-state index is -0.248. The summed E-state index contributed by atoms with van der Waals surface area (Å²) in [4.78, 5) is 14.5. The largest absolute Gasteiger partial charge is 0.317 e. The van der Waals surface area contributed by atoms with Crippen molar-refractivity contribution >= 4 is 6.20 Å². The Morgan fingerprint density at radius 2 is 1.78 bits per heavy atom. The van der Waals surface area contributed by atoms with Crippen molar-refractivity contribution in [3.63, 3.8) is 0 Å². The van der Waals surface area contributed by atoms with E-state index in [1.54, 1.807) is 12.1 Å². The molecule has 1 saturated heterocycles. The van der Waals surface area contributed by atoms with Gasteiger partial charge in [0.05, 0.1) is 17.1 Å². The van der Waals surface area contributed by atoms with Crippen LogP contribution in [-0.4, -0.2) is 32.6 Å². The first-order valence-electron chi connectivity index (χ1n) is 11.5. The van der Waals surface area contributed by atoms with Gasteiger partial charge >= 0.3 is 0 Å². The maximum absolute atomic E-state index is 13.6. The molecule has 32 heavy (non-hydrogen) atoms. The third kappa shape index (κ3) is 3.99. The van der Waals surface area contributed by atoms with E-state index in [-0.39, 0.29) is 11.2 Å². The van der Waals surface area contributed by atoms with Crippen LogP contribution in [0.3, 0.4) is 0 Å². The maximum Gasteiger partial charge on any atom is 0.134 e. The summed E-state index contributed by atoms with van der Waals surface area (Å²) in [6, 6.07) is 8.52. The lowest BCUT2D eigenvalue weighted by atomic mass is 9.82. The Labute approximate surface area is 188 Å². The van der Waals surface area contributed by atoms with Crippen molar-refractivity contribution in [2.75, 3.05) is 13.1 Å². The third-order valence-corrected chi connectivity index (χ3v) is 6.56. The average Bonchev–Trinajstić information content (AvgIpc) is 3.18. The first kappa shape index (κ1) is 21.0. The number of allylic oxidation sites excluding steroid dienone is 1. The first-order valence-corrected chi connectivity index (χ1v) is 11.5. The van der Waals surface area contributed by atoms with Crippen molar-refractivity contribution in [2.24, 2.45) is 11.8 Å². The van der Waals surface area contributed by atoms with Crippen LogP contribution in [0, 0.1) is 17.7 Å². The number of nitrogens with one attached hydrogen (secondary N) is 1. The lowest BCUT2D eigenvalue weighted by molar-refractivity contribution is 0.292. The molecular formula is C26H30FN5. The van der Waals surface area contributed by atoms with Gasteiger partial charge in [0, 0.05) is 29.8 Å². The van der Waals surface area contributed by atoms with Crippen LogP contribution in [-0.2, 0) is 11.8 Å². The molecule has 2 aliphatic rings. The van der Waals surface area contributed by atoms with Gasteiger partial charge in [-0.05, 0) is 68.1 Å². The van der Waals surface area contributed by atoms with Crippen molar-refractivity contribution in [1.82, 2.24) is 24.8 Å². The molecule has 0 amide bonds. The molecule has 6 heteroatoms. The normalized spacial score (nSPS) is 19.2. The second kappa shape index (κ2) is 8.24. The van der Waals surface area contributed by atoms with Crippen LogP contribution >= 0.6 is 0 Å². The zero-order chi connectivity index (χ0) is 22.3. The van der Waals surface area contributed by atoms with E-state index in [0.717, 1.165) is 53.8 Å². The van der Waals surface area contributed by atoms with Crippen molar-refractivity contribution < 1.29 is 4.39 Å². The minimum absolute atomic E-state index is 0.160. The van der Waals surface area contributed by atoms with Gasteiger partial charge in [-0.3, -0.25) is 0 Å². The number of hydrogen-bond donors (Lipinski definition) is 1. The van der Waals surface area contributed by atoms with Gasteiger partial charge in [0.2, 0.25) is 0 Å². The van der Waals surface area contributed by atoms with Gasteiger partial charge in [0.25, 0.3) is 0 Å². The molecule has 166 valence electrons. The molecule has 1 aromatic carbocycles. The minimum Gasteiger partial charge on any atom is -0.317 e. The van der Waals surface area contributed by atoms with Gasteiger partial charge in [-0.25, -0.2) is 19.3 Å². The second-order valence-corrected chi connectivity index (χ2v) is 9.91. The Kier molecular flexibility index (Phi) is 5.41. The van der Waals surface area contributed by atoms with E-state index < -0.39 is 0 Å². The van der Waals surface area contributed by atoms with Gasteiger partial charge in [-0.1, -0.05) is 26.8 Å². The zero-order valence-electron chi connectivity index (χ0n) is 19.0. The van der Waals surface area contributed by atoms with E-state index in [2.05, 4.69) is 47.9 Å². The van der Waals surface area contributed by atoms with Crippen molar-refractivity contribution in [2.45, 2.75) is 45.4 Å². The van der Waals surface area contributed by atoms with Crippen LogP contribution < -0.4 is 5.32 Å². The molecule has 5 rings (SSSR count). The van der Waals surface area contributed by atoms with Gasteiger partial charge < -0.3 is 9.88 Å². The molecule has 3 aromatic rings. The topological polar surface area (TPSA) is 55.6 Å². The zero-order valence-corrected chi connectivity index (χ0v) is 19.0. The third-order valence-electron chi connectivity index (χ3n) is 6.56. The fraction of sp³-hybridized carbons (Fsp3) is 0.423. The number of benzene rings is 1. The predicted octanol–water partition coefficient (Wildman–Crippen LogP) is 5.09. The number of aromatic nitrogens is 4. The smallest absolute Gasteiger partial charge is 0.134 e. The van der Waals surface area contributed by atoms with E-state index in [4.69, 9.17) is 9.97 Å². The summed E-state index contributed by atoms with van der Waals surface area (Å²) in [7, 11) is 0. The van der Waals surface area contributed by atoms with Crippen LogP contribution in [0.25, 0.3) is 28.8 Å². The highest BCUT2D eigenvalue weighted by molar-refractivity contribution is 5.79. The highest BCUT2D eigenvalue weighted by Crippen LogP contribution is 2.37. The van der Waals surface area contributed by atoms with Crippen LogP contribution in [0.2, 0.25) is 0 Å². The standard InChI is InChI=1S/C26H30FN5/c1-26(2,3)25-29-14-10-21(30-25)24-23(18-4-6-20(27)7-5-18)31-22-16-19(11-15-32(22)24)17-8-12-28-13-9-17/h4-7,10-11,14-15,17,19,28H,8-9,12-13,16H2,1-3H3. The van der Waals surface area contributed by atoms with Crippen molar-refractivity contribution in [3.05, 3.63) is 60.1 Å². The lowest BCUT2D eigenvalue weighted by Crippen LogP contribution is -2.32. The molecule has 0 radical (unpaired) electrons. The second-order valence-electron chi connectivity index (χ2n) is 9.91. The van der Waals surface area contributed by atoms with Crippen LogP contribution in [0.5, 0.6) is 0 Å². The molecule has 5 nitrogen and oxygen atoms in total. The van der Waals surface area contributed by atoms with Crippen molar-refractivity contribution in [3.8, 4) is 22.6 Å². The number of rotatable bonds is 3. The Bertz CT molecular complexity index is 1130. The molecule has 0 spiro atoms. The number of halogens is 1. The highest BCUT2D eigenvalue weighted by atomic mass is 19.1. The number of fused-ring (bicyclic) bond motifs is 1. The predicted molar refractivity (Wildman–Crippen MR) is 125 cm³/mol. The molecule has 0 saturated carbocycles. The molecule has 1 fully saturated rings. The summed E-state index contributed by atoms with van der Waals surface area (Å²) >= 11 is 0. The molecule has 2 aliphatic heterocycles. The number of piperidine rings is 1. The molecule has 1 unspecified atom stereocenters. The number of hydrogen-bond acceptors (Lipinski definition) is 4. The van der Waals surface area contributed by atoms with Crippen LogP contribution in [0.15, 0.2) is 42.6 Å². The van der Waals surface area contributed by atoms with Crippen LogP contribution in [0.1, 0.15) is 45.3 Å². The first-order chi connectivity index (χ1) is 15.4. The summed E-state index contributed by atoms with van der Waals surface area (Å²) in [5.74, 6) is 2.77. The monoisotopic (exact) mass is 431 g/mol. The Morgan fingerprint density at radius 1 is 1.03 bits per heavy atom. The SMILES string of the molecule is CC(C)(C)c1nccc(-c2c(-c3ccc(F)cc3)nc3n2C=CC(C2CCNCC2)C3)n1.